The molecule has 3 aromatic rings. The van der Waals surface area contributed by atoms with Gasteiger partial charge in [0.15, 0.2) is 22.8 Å². The van der Waals surface area contributed by atoms with Crippen LogP contribution in [0.1, 0.15) is 23.3 Å². The maximum absolute atomic E-state index is 12.8. The SMILES string of the molecule is COc1ccc(-c2ccnc3cc(C(=O)NC4CCN(C(=O)CO)CC4)nn23)cc1OC. The molecular weight excluding hydrogens is 414 g/mol. The highest BCUT2D eigenvalue weighted by molar-refractivity contribution is 5.93. The van der Waals surface area contributed by atoms with Gasteiger partial charge in [-0.1, -0.05) is 0 Å². The Labute approximate surface area is 184 Å². The van der Waals surface area contributed by atoms with Crippen molar-refractivity contribution < 1.29 is 24.2 Å². The number of ether oxygens (including phenoxy) is 2. The highest BCUT2D eigenvalue weighted by Crippen LogP contribution is 2.32. The van der Waals surface area contributed by atoms with Gasteiger partial charge in [-0.3, -0.25) is 9.59 Å². The summed E-state index contributed by atoms with van der Waals surface area (Å²) in [5.74, 6) is 0.629. The summed E-state index contributed by atoms with van der Waals surface area (Å²) in [6.45, 7) is 0.509. The highest BCUT2D eigenvalue weighted by atomic mass is 16.5. The van der Waals surface area contributed by atoms with E-state index in [-0.39, 0.29) is 23.6 Å². The van der Waals surface area contributed by atoms with Gasteiger partial charge in [0.25, 0.3) is 5.91 Å². The lowest BCUT2D eigenvalue weighted by molar-refractivity contribution is -0.135. The minimum Gasteiger partial charge on any atom is -0.493 e. The summed E-state index contributed by atoms with van der Waals surface area (Å²) in [5.41, 5.74) is 2.40. The second-order valence-corrected chi connectivity index (χ2v) is 7.49. The fourth-order valence-electron chi connectivity index (χ4n) is 3.85. The van der Waals surface area contributed by atoms with Crippen LogP contribution in [0.3, 0.4) is 0 Å². The Morgan fingerprint density at radius 3 is 2.56 bits per heavy atom. The van der Waals surface area contributed by atoms with Gasteiger partial charge in [-0.2, -0.15) is 5.10 Å². The number of carbonyl (C=O) groups excluding carboxylic acids is 2. The molecule has 3 heterocycles. The zero-order chi connectivity index (χ0) is 22.7. The molecule has 0 unspecified atom stereocenters. The van der Waals surface area contributed by atoms with Crippen LogP contribution in [-0.4, -0.2) is 76.4 Å². The number of methoxy groups -OCH3 is 2. The molecule has 168 valence electrons. The number of rotatable bonds is 6. The normalized spacial score (nSPS) is 14.4. The zero-order valence-electron chi connectivity index (χ0n) is 17.9. The predicted molar refractivity (Wildman–Crippen MR) is 116 cm³/mol. The van der Waals surface area contributed by atoms with Crippen LogP contribution >= 0.6 is 0 Å². The first kappa shape index (κ1) is 21.6. The van der Waals surface area contributed by atoms with Gasteiger partial charge >= 0.3 is 0 Å². The molecule has 0 atom stereocenters. The summed E-state index contributed by atoms with van der Waals surface area (Å²) in [6.07, 6.45) is 2.92. The van der Waals surface area contributed by atoms with Gasteiger partial charge in [-0.15, -0.1) is 0 Å². The van der Waals surface area contributed by atoms with E-state index in [1.54, 1.807) is 35.9 Å². The number of amides is 2. The van der Waals surface area contributed by atoms with E-state index in [4.69, 9.17) is 14.6 Å². The molecule has 32 heavy (non-hydrogen) atoms. The fourth-order valence-corrected chi connectivity index (χ4v) is 3.85. The molecule has 0 aliphatic carbocycles. The van der Waals surface area contributed by atoms with E-state index in [1.807, 2.05) is 24.3 Å². The third kappa shape index (κ3) is 4.22. The Bertz CT molecular complexity index is 1140. The summed E-state index contributed by atoms with van der Waals surface area (Å²) in [4.78, 5) is 30.3. The van der Waals surface area contributed by atoms with Crippen LogP contribution in [0, 0.1) is 0 Å². The summed E-state index contributed by atoms with van der Waals surface area (Å²) >= 11 is 0. The van der Waals surface area contributed by atoms with Gasteiger partial charge in [0.2, 0.25) is 5.91 Å². The number of aliphatic hydroxyl groups excluding tert-OH is 1. The average Bonchev–Trinajstić information content (AvgIpc) is 3.28. The van der Waals surface area contributed by atoms with Gasteiger partial charge in [0, 0.05) is 37.0 Å². The number of hydrogen-bond donors (Lipinski definition) is 2. The Kier molecular flexibility index (Phi) is 6.22. The first-order chi connectivity index (χ1) is 15.5. The van der Waals surface area contributed by atoms with Crippen molar-refractivity contribution in [2.24, 2.45) is 0 Å². The molecule has 1 fully saturated rings. The topological polar surface area (TPSA) is 118 Å². The monoisotopic (exact) mass is 439 g/mol. The number of aromatic nitrogens is 3. The van der Waals surface area contributed by atoms with Gasteiger partial charge in [-0.25, -0.2) is 9.50 Å². The van der Waals surface area contributed by atoms with Crippen LogP contribution in [-0.2, 0) is 4.79 Å². The fraction of sp³-hybridized carbons (Fsp3) is 0.364. The highest BCUT2D eigenvalue weighted by Gasteiger charge is 2.24. The van der Waals surface area contributed by atoms with Gasteiger partial charge in [0.05, 0.1) is 19.9 Å². The average molecular weight is 439 g/mol. The lowest BCUT2D eigenvalue weighted by Gasteiger charge is -2.31. The summed E-state index contributed by atoms with van der Waals surface area (Å²) in [5, 5.41) is 16.5. The molecule has 2 N–H and O–H groups in total. The summed E-state index contributed by atoms with van der Waals surface area (Å²) < 4.78 is 12.3. The van der Waals surface area contributed by atoms with Gasteiger partial charge in [0.1, 0.15) is 6.61 Å². The Morgan fingerprint density at radius 2 is 1.88 bits per heavy atom. The third-order valence-corrected chi connectivity index (χ3v) is 5.59. The minimum absolute atomic E-state index is 0.0617. The van der Waals surface area contributed by atoms with E-state index in [0.29, 0.717) is 43.1 Å². The molecule has 1 aliphatic heterocycles. The van der Waals surface area contributed by atoms with Crippen LogP contribution in [0.2, 0.25) is 0 Å². The van der Waals surface area contributed by atoms with E-state index >= 15 is 0 Å². The maximum Gasteiger partial charge on any atom is 0.272 e. The maximum atomic E-state index is 12.8. The van der Waals surface area contributed by atoms with Crippen LogP contribution in [0.4, 0.5) is 0 Å². The van der Waals surface area contributed by atoms with E-state index in [1.165, 1.54) is 0 Å². The molecule has 1 aliphatic rings. The number of likely N-dealkylation sites (tertiary alicyclic amines) is 1. The standard InChI is InChI=1S/C22H25N5O5/c1-31-18-4-3-14(11-19(18)32-2)17-5-8-23-20-12-16(25-27(17)20)22(30)24-15-6-9-26(10-7-15)21(29)13-28/h3-5,8,11-12,15,28H,6-7,9-10,13H2,1-2H3,(H,24,30). The largest absolute Gasteiger partial charge is 0.493 e. The molecule has 0 bridgehead atoms. The van der Waals surface area contributed by atoms with E-state index < -0.39 is 6.61 Å². The van der Waals surface area contributed by atoms with E-state index in [0.717, 1.165) is 11.3 Å². The van der Waals surface area contributed by atoms with Crippen LogP contribution in [0.5, 0.6) is 11.5 Å². The predicted octanol–water partition coefficient (Wildman–Crippen LogP) is 1.13. The van der Waals surface area contributed by atoms with Gasteiger partial charge in [-0.05, 0) is 37.1 Å². The molecule has 0 spiro atoms. The molecule has 0 saturated carbocycles. The minimum atomic E-state index is -0.492. The first-order valence-corrected chi connectivity index (χ1v) is 10.3. The van der Waals surface area contributed by atoms with Crippen molar-refractivity contribution in [2.45, 2.75) is 18.9 Å². The van der Waals surface area contributed by atoms with Gasteiger partial charge < -0.3 is 24.8 Å². The van der Waals surface area contributed by atoms with Crippen molar-refractivity contribution in [3.8, 4) is 22.8 Å². The summed E-state index contributed by atoms with van der Waals surface area (Å²) in [6, 6.07) is 8.94. The molecule has 10 heteroatoms. The number of fused-ring (bicyclic) bond motifs is 1. The Morgan fingerprint density at radius 1 is 1.12 bits per heavy atom. The number of hydrogen-bond acceptors (Lipinski definition) is 7. The zero-order valence-corrected chi connectivity index (χ0v) is 17.9. The second-order valence-electron chi connectivity index (χ2n) is 7.49. The second kappa shape index (κ2) is 9.23. The van der Waals surface area contributed by atoms with E-state index in [2.05, 4.69) is 15.4 Å². The lowest BCUT2D eigenvalue weighted by atomic mass is 10.0. The van der Waals surface area contributed by atoms with E-state index in [9.17, 15) is 9.59 Å². The number of nitrogens with zero attached hydrogens (tertiary/aromatic N) is 4. The lowest BCUT2D eigenvalue weighted by Crippen LogP contribution is -2.47. The number of piperidine rings is 1. The van der Waals surface area contributed by atoms with Crippen LogP contribution < -0.4 is 14.8 Å². The van der Waals surface area contributed by atoms with Crippen molar-refractivity contribution >= 4 is 17.5 Å². The molecule has 10 nitrogen and oxygen atoms in total. The van der Waals surface area contributed by atoms with Crippen LogP contribution in [0.25, 0.3) is 16.9 Å². The summed E-state index contributed by atoms with van der Waals surface area (Å²) in [7, 11) is 3.15. The number of nitrogens with one attached hydrogen (secondary N) is 1. The molecule has 1 saturated heterocycles. The van der Waals surface area contributed by atoms with Crippen molar-refractivity contribution in [1.29, 1.82) is 0 Å². The molecule has 4 rings (SSSR count). The third-order valence-electron chi connectivity index (χ3n) is 5.59. The molecule has 1 aromatic carbocycles. The van der Waals surface area contributed by atoms with Crippen molar-refractivity contribution in [3.05, 3.63) is 42.2 Å². The first-order valence-electron chi connectivity index (χ1n) is 10.3. The van der Waals surface area contributed by atoms with Crippen LogP contribution in [0.15, 0.2) is 36.5 Å². The Hall–Kier alpha value is -3.66. The smallest absolute Gasteiger partial charge is 0.272 e. The molecule has 2 amide bonds. The van der Waals surface area contributed by atoms with Crippen molar-refractivity contribution in [1.82, 2.24) is 24.8 Å². The number of aliphatic hydroxyl groups is 1. The number of benzene rings is 1. The quantitative estimate of drug-likeness (QED) is 0.591. The van der Waals surface area contributed by atoms with Crippen molar-refractivity contribution in [3.63, 3.8) is 0 Å². The molecule has 2 aromatic heterocycles. The molecule has 0 radical (unpaired) electrons. The number of carbonyl (C=O) groups is 2. The molecular formula is C22H25N5O5. The van der Waals surface area contributed by atoms with Crippen molar-refractivity contribution in [2.75, 3.05) is 33.9 Å². The Balaban J connectivity index is 1.53.